The maximum absolute atomic E-state index is 5.77. The molecule has 18 heavy (non-hydrogen) atoms. The Hall–Kier alpha value is -1.61. The van der Waals surface area contributed by atoms with Crippen molar-refractivity contribution in [2.24, 2.45) is 0 Å². The summed E-state index contributed by atoms with van der Waals surface area (Å²) in [6.45, 7) is 0.557. The van der Waals surface area contributed by atoms with Crippen LogP contribution >= 0.6 is 0 Å². The van der Waals surface area contributed by atoms with Crippen LogP contribution in [0.2, 0.25) is 0 Å². The highest BCUT2D eigenvalue weighted by Gasteiger charge is 2.01. The second kappa shape index (κ2) is 6.36. The zero-order chi connectivity index (χ0) is 12.8. The molecule has 2 aromatic rings. The summed E-state index contributed by atoms with van der Waals surface area (Å²) in [5.41, 5.74) is 1.11. The zero-order valence-corrected chi connectivity index (χ0v) is 11.5. The Bertz CT molecular complexity index is 464. The SMILES string of the molecule is COc1cccc(COc2cccc([SH+]C)c2)c1. The van der Waals surface area contributed by atoms with Crippen LogP contribution in [0.1, 0.15) is 5.56 Å². The van der Waals surface area contributed by atoms with Gasteiger partial charge in [-0.25, -0.2) is 0 Å². The second-order valence-corrected chi connectivity index (χ2v) is 4.82. The Morgan fingerprint density at radius 1 is 1.00 bits per heavy atom. The molecule has 0 saturated heterocycles. The summed E-state index contributed by atoms with van der Waals surface area (Å²) in [7, 11) is 1.67. The molecule has 94 valence electrons. The van der Waals surface area contributed by atoms with Gasteiger partial charge >= 0.3 is 0 Å². The Kier molecular flexibility index (Phi) is 4.53. The van der Waals surface area contributed by atoms with Crippen LogP contribution in [-0.4, -0.2) is 13.4 Å². The maximum Gasteiger partial charge on any atom is 0.156 e. The van der Waals surface area contributed by atoms with E-state index in [9.17, 15) is 0 Å². The Labute approximate surface area is 112 Å². The van der Waals surface area contributed by atoms with Crippen LogP contribution < -0.4 is 9.47 Å². The Balaban J connectivity index is 2.01. The predicted octanol–water partition coefficient (Wildman–Crippen LogP) is 3.08. The van der Waals surface area contributed by atoms with Crippen molar-refractivity contribution in [2.75, 3.05) is 13.4 Å². The van der Waals surface area contributed by atoms with E-state index in [4.69, 9.17) is 9.47 Å². The molecular weight excluding hydrogens is 244 g/mol. The quantitative estimate of drug-likeness (QED) is 0.608. The summed E-state index contributed by atoms with van der Waals surface area (Å²) in [5.74, 6) is 1.77. The minimum Gasteiger partial charge on any atom is -0.497 e. The van der Waals surface area contributed by atoms with Gasteiger partial charge in [0.2, 0.25) is 0 Å². The molecule has 0 aliphatic heterocycles. The molecule has 0 radical (unpaired) electrons. The lowest BCUT2D eigenvalue weighted by molar-refractivity contribution is 0.304. The van der Waals surface area contributed by atoms with Gasteiger partial charge in [0, 0.05) is 17.8 Å². The van der Waals surface area contributed by atoms with Gasteiger partial charge in [-0.3, -0.25) is 0 Å². The molecule has 0 N–H and O–H groups in total. The smallest absolute Gasteiger partial charge is 0.156 e. The number of thiol groups is 1. The number of benzene rings is 2. The van der Waals surface area contributed by atoms with E-state index in [0.29, 0.717) is 6.61 Å². The van der Waals surface area contributed by atoms with Crippen molar-refractivity contribution in [1.82, 2.24) is 0 Å². The molecule has 2 aromatic carbocycles. The van der Waals surface area contributed by atoms with Crippen molar-refractivity contribution in [3.63, 3.8) is 0 Å². The van der Waals surface area contributed by atoms with Gasteiger partial charge in [0.1, 0.15) is 24.4 Å². The standard InChI is InChI=1S/C15H16O2S/c1-16-13-6-3-5-12(9-13)11-17-14-7-4-8-15(10-14)18-2/h3-10H,11H2,1-2H3/p+1. The molecule has 0 aliphatic carbocycles. The summed E-state index contributed by atoms with van der Waals surface area (Å²) >= 11 is 1.25. The van der Waals surface area contributed by atoms with E-state index < -0.39 is 0 Å². The molecule has 0 saturated carbocycles. The van der Waals surface area contributed by atoms with Gasteiger partial charge in [-0.2, -0.15) is 0 Å². The monoisotopic (exact) mass is 261 g/mol. The minimum absolute atomic E-state index is 0.557. The van der Waals surface area contributed by atoms with Crippen molar-refractivity contribution in [2.45, 2.75) is 11.5 Å². The summed E-state index contributed by atoms with van der Waals surface area (Å²) in [6, 6.07) is 16.1. The van der Waals surface area contributed by atoms with Crippen LogP contribution in [0, 0.1) is 0 Å². The van der Waals surface area contributed by atoms with Gasteiger partial charge in [-0.1, -0.05) is 18.2 Å². The second-order valence-electron chi connectivity index (χ2n) is 3.86. The van der Waals surface area contributed by atoms with E-state index in [2.05, 4.69) is 18.4 Å². The zero-order valence-electron chi connectivity index (χ0n) is 10.6. The average Bonchev–Trinajstić information content (AvgIpc) is 2.45. The highest BCUT2D eigenvalue weighted by molar-refractivity contribution is 7.77. The van der Waals surface area contributed by atoms with Crippen molar-refractivity contribution < 1.29 is 9.47 Å². The largest absolute Gasteiger partial charge is 0.497 e. The molecule has 0 aromatic heterocycles. The van der Waals surface area contributed by atoms with Crippen LogP contribution in [0.5, 0.6) is 11.5 Å². The van der Waals surface area contributed by atoms with E-state index in [1.165, 1.54) is 16.7 Å². The topological polar surface area (TPSA) is 18.5 Å². The van der Waals surface area contributed by atoms with Crippen molar-refractivity contribution in [3.8, 4) is 11.5 Å². The maximum atomic E-state index is 5.77. The van der Waals surface area contributed by atoms with Gasteiger partial charge in [-0.05, 0) is 29.8 Å². The van der Waals surface area contributed by atoms with Gasteiger partial charge in [0.05, 0.1) is 7.11 Å². The molecule has 0 bridgehead atoms. The third kappa shape index (κ3) is 3.44. The van der Waals surface area contributed by atoms with E-state index in [-0.39, 0.29) is 0 Å². The van der Waals surface area contributed by atoms with E-state index in [0.717, 1.165) is 17.1 Å². The first-order valence-electron chi connectivity index (χ1n) is 5.77. The molecule has 0 heterocycles. The van der Waals surface area contributed by atoms with Gasteiger partial charge in [0.15, 0.2) is 4.90 Å². The van der Waals surface area contributed by atoms with Gasteiger partial charge in [0.25, 0.3) is 0 Å². The molecule has 0 spiro atoms. The summed E-state index contributed by atoms with van der Waals surface area (Å²) in [4.78, 5) is 1.26. The number of hydrogen-bond donors (Lipinski definition) is 0. The minimum atomic E-state index is 0.557. The predicted molar refractivity (Wildman–Crippen MR) is 76.7 cm³/mol. The number of methoxy groups -OCH3 is 1. The van der Waals surface area contributed by atoms with Crippen LogP contribution in [0.4, 0.5) is 0 Å². The molecule has 2 rings (SSSR count). The van der Waals surface area contributed by atoms with E-state index >= 15 is 0 Å². The highest BCUT2D eigenvalue weighted by atomic mass is 32.2. The molecule has 0 amide bonds. The van der Waals surface area contributed by atoms with Crippen LogP contribution in [-0.2, 0) is 18.4 Å². The van der Waals surface area contributed by atoms with E-state index in [1.807, 2.05) is 36.4 Å². The van der Waals surface area contributed by atoms with Crippen LogP contribution in [0.25, 0.3) is 0 Å². The van der Waals surface area contributed by atoms with E-state index in [1.54, 1.807) is 7.11 Å². The summed E-state index contributed by atoms with van der Waals surface area (Å²) in [6.07, 6.45) is 2.11. The molecule has 0 unspecified atom stereocenters. The highest BCUT2D eigenvalue weighted by Crippen LogP contribution is 2.18. The fourth-order valence-corrected chi connectivity index (χ4v) is 2.13. The molecule has 0 fully saturated rings. The number of rotatable bonds is 5. The Morgan fingerprint density at radius 2 is 1.78 bits per heavy atom. The molecular formula is C15H17O2S+. The summed E-state index contributed by atoms with van der Waals surface area (Å²) in [5, 5.41) is 0. The molecule has 3 heteroatoms. The van der Waals surface area contributed by atoms with Crippen molar-refractivity contribution in [1.29, 1.82) is 0 Å². The lowest BCUT2D eigenvalue weighted by Gasteiger charge is -2.07. The molecule has 0 aliphatic rings. The number of ether oxygens (including phenoxy) is 2. The van der Waals surface area contributed by atoms with Gasteiger partial charge in [-0.15, -0.1) is 0 Å². The fraction of sp³-hybridized carbons (Fsp3) is 0.200. The van der Waals surface area contributed by atoms with Crippen LogP contribution in [0.3, 0.4) is 0 Å². The third-order valence-electron chi connectivity index (χ3n) is 2.62. The lowest BCUT2D eigenvalue weighted by Crippen LogP contribution is -1.96. The van der Waals surface area contributed by atoms with Gasteiger partial charge < -0.3 is 9.47 Å². The lowest BCUT2D eigenvalue weighted by atomic mass is 10.2. The van der Waals surface area contributed by atoms with Crippen LogP contribution in [0.15, 0.2) is 53.4 Å². The average molecular weight is 261 g/mol. The fourth-order valence-electron chi connectivity index (χ4n) is 1.64. The third-order valence-corrected chi connectivity index (χ3v) is 3.41. The molecule has 0 atom stereocenters. The Morgan fingerprint density at radius 3 is 2.56 bits per heavy atom. The first-order valence-corrected chi connectivity index (χ1v) is 7.11. The first-order chi connectivity index (χ1) is 8.81. The van der Waals surface area contributed by atoms with Crippen molar-refractivity contribution in [3.05, 3.63) is 54.1 Å². The summed E-state index contributed by atoms with van der Waals surface area (Å²) < 4.78 is 11.0. The molecule has 2 nitrogen and oxygen atoms in total. The van der Waals surface area contributed by atoms with Crippen molar-refractivity contribution >= 4 is 11.8 Å². The number of hydrogen-bond acceptors (Lipinski definition) is 2. The normalized spacial score (nSPS) is 10.1. The first kappa shape index (κ1) is 12.8.